The first-order valence-corrected chi connectivity index (χ1v) is 7.56. The molecule has 22 heavy (non-hydrogen) atoms. The van der Waals surface area contributed by atoms with Crippen LogP contribution in [0.3, 0.4) is 0 Å². The lowest BCUT2D eigenvalue weighted by Gasteiger charge is -2.09. The van der Waals surface area contributed by atoms with Gasteiger partial charge in [0.25, 0.3) is 5.56 Å². The van der Waals surface area contributed by atoms with E-state index < -0.39 is 0 Å². The number of aromatic nitrogens is 2. The second-order valence-corrected chi connectivity index (χ2v) is 5.62. The average Bonchev–Trinajstić information content (AvgIpc) is 2.54. The molecular formula is C17H13BrN2O2. The fourth-order valence-corrected chi connectivity index (χ4v) is 2.36. The van der Waals surface area contributed by atoms with Gasteiger partial charge in [0.15, 0.2) is 0 Å². The van der Waals surface area contributed by atoms with Crippen LogP contribution in [-0.4, -0.2) is 10.2 Å². The SMILES string of the molecule is O=c1ccc(Cc2ccc(Br)c(Oc3ccccc3)c2)n[nH]1. The van der Waals surface area contributed by atoms with Gasteiger partial charge in [-0.1, -0.05) is 24.3 Å². The van der Waals surface area contributed by atoms with Gasteiger partial charge in [-0.3, -0.25) is 4.79 Å². The van der Waals surface area contributed by atoms with Crippen molar-refractivity contribution in [1.29, 1.82) is 0 Å². The molecule has 0 fully saturated rings. The highest BCUT2D eigenvalue weighted by Gasteiger charge is 2.06. The molecule has 3 rings (SSSR count). The highest BCUT2D eigenvalue weighted by molar-refractivity contribution is 9.10. The summed E-state index contributed by atoms with van der Waals surface area (Å²) in [7, 11) is 0. The van der Waals surface area contributed by atoms with Crippen molar-refractivity contribution in [3.05, 3.63) is 86.7 Å². The van der Waals surface area contributed by atoms with E-state index in [4.69, 9.17) is 4.74 Å². The largest absolute Gasteiger partial charge is 0.456 e. The molecule has 3 aromatic rings. The maximum absolute atomic E-state index is 11.0. The van der Waals surface area contributed by atoms with E-state index in [9.17, 15) is 4.79 Å². The van der Waals surface area contributed by atoms with E-state index in [1.807, 2.05) is 48.5 Å². The summed E-state index contributed by atoms with van der Waals surface area (Å²) in [5.41, 5.74) is 1.65. The molecule has 1 N–H and O–H groups in total. The van der Waals surface area contributed by atoms with Gasteiger partial charge in [0.2, 0.25) is 0 Å². The molecule has 0 atom stereocenters. The summed E-state index contributed by atoms with van der Waals surface area (Å²) in [6.45, 7) is 0. The number of nitrogens with one attached hydrogen (secondary N) is 1. The highest BCUT2D eigenvalue weighted by atomic mass is 79.9. The lowest BCUT2D eigenvalue weighted by molar-refractivity contribution is 0.479. The molecule has 110 valence electrons. The fraction of sp³-hybridized carbons (Fsp3) is 0.0588. The van der Waals surface area contributed by atoms with Crippen LogP contribution in [-0.2, 0) is 6.42 Å². The van der Waals surface area contributed by atoms with Crippen molar-refractivity contribution >= 4 is 15.9 Å². The van der Waals surface area contributed by atoms with Crippen molar-refractivity contribution in [3.63, 3.8) is 0 Å². The summed E-state index contributed by atoms with van der Waals surface area (Å²) >= 11 is 3.49. The minimum Gasteiger partial charge on any atom is -0.456 e. The van der Waals surface area contributed by atoms with Crippen LogP contribution in [0.4, 0.5) is 0 Å². The molecule has 0 amide bonds. The van der Waals surface area contributed by atoms with E-state index in [0.717, 1.165) is 27.2 Å². The molecule has 0 aliphatic rings. The standard InChI is InChI=1S/C17H13BrN2O2/c18-15-8-6-12(10-13-7-9-17(21)20-19-13)11-16(15)22-14-4-2-1-3-5-14/h1-9,11H,10H2,(H,20,21). The van der Waals surface area contributed by atoms with Crippen molar-refractivity contribution in [2.45, 2.75) is 6.42 Å². The number of hydrogen-bond donors (Lipinski definition) is 1. The van der Waals surface area contributed by atoms with Crippen LogP contribution in [0.25, 0.3) is 0 Å². The molecule has 0 aliphatic carbocycles. The Morgan fingerprint density at radius 1 is 1.05 bits per heavy atom. The van der Waals surface area contributed by atoms with Crippen LogP contribution in [0, 0.1) is 0 Å². The maximum Gasteiger partial charge on any atom is 0.264 e. The molecule has 2 aromatic carbocycles. The molecular weight excluding hydrogens is 344 g/mol. The first kappa shape index (κ1) is 14.5. The average molecular weight is 357 g/mol. The molecule has 0 aliphatic heterocycles. The van der Waals surface area contributed by atoms with E-state index >= 15 is 0 Å². The first-order valence-electron chi connectivity index (χ1n) is 6.77. The van der Waals surface area contributed by atoms with E-state index in [0.29, 0.717) is 6.42 Å². The van der Waals surface area contributed by atoms with Crippen LogP contribution in [0.5, 0.6) is 11.5 Å². The molecule has 0 unspecified atom stereocenters. The quantitative estimate of drug-likeness (QED) is 0.770. The minimum atomic E-state index is -0.201. The van der Waals surface area contributed by atoms with Gasteiger partial charge in [-0.25, -0.2) is 5.10 Å². The lowest BCUT2D eigenvalue weighted by Crippen LogP contribution is -2.07. The van der Waals surface area contributed by atoms with Crippen molar-refractivity contribution in [2.24, 2.45) is 0 Å². The number of rotatable bonds is 4. The molecule has 5 heteroatoms. The zero-order valence-corrected chi connectivity index (χ0v) is 13.2. The third kappa shape index (κ3) is 3.62. The summed E-state index contributed by atoms with van der Waals surface area (Å²) in [6, 6.07) is 18.7. The molecule has 0 saturated heterocycles. The molecule has 0 spiro atoms. The predicted molar refractivity (Wildman–Crippen MR) is 88.3 cm³/mol. The number of H-pyrrole nitrogens is 1. The third-order valence-corrected chi connectivity index (χ3v) is 3.74. The Balaban J connectivity index is 1.83. The van der Waals surface area contributed by atoms with E-state index in [1.165, 1.54) is 6.07 Å². The maximum atomic E-state index is 11.0. The van der Waals surface area contributed by atoms with Gasteiger partial charge in [-0.15, -0.1) is 0 Å². The van der Waals surface area contributed by atoms with Gasteiger partial charge >= 0.3 is 0 Å². The van der Waals surface area contributed by atoms with Crippen LogP contribution in [0.1, 0.15) is 11.3 Å². The number of halogens is 1. The van der Waals surface area contributed by atoms with Crippen LogP contribution >= 0.6 is 15.9 Å². The van der Waals surface area contributed by atoms with Crippen molar-refractivity contribution in [1.82, 2.24) is 10.2 Å². The first-order chi connectivity index (χ1) is 10.7. The number of para-hydroxylation sites is 1. The van der Waals surface area contributed by atoms with Gasteiger partial charge < -0.3 is 4.74 Å². The number of benzene rings is 2. The van der Waals surface area contributed by atoms with Crippen LogP contribution < -0.4 is 10.3 Å². The van der Waals surface area contributed by atoms with Gasteiger partial charge in [0.05, 0.1) is 10.2 Å². The molecule has 1 aromatic heterocycles. The van der Waals surface area contributed by atoms with Gasteiger partial charge in [0.1, 0.15) is 11.5 Å². The zero-order chi connectivity index (χ0) is 15.4. The normalized spacial score (nSPS) is 10.4. The molecule has 0 radical (unpaired) electrons. The van der Waals surface area contributed by atoms with E-state index in [1.54, 1.807) is 6.07 Å². The van der Waals surface area contributed by atoms with Crippen molar-refractivity contribution in [3.8, 4) is 11.5 Å². The number of hydrogen-bond acceptors (Lipinski definition) is 3. The van der Waals surface area contributed by atoms with E-state index in [-0.39, 0.29) is 5.56 Å². The van der Waals surface area contributed by atoms with Crippen LogP contribution in [0.2, 0.25) is 0 Å². The van der Waals surface area contributed by atoms with Gasteiger partial charge in [0, 0.05) is 12.5 Å². The Kier molecular flexibility index (Phi) is 4.34. The Morgan fingerprint density at radius 2 is 1.86 bits per heavy atom. The highest BCUT2D eigenvalue weighted by Crippen LogP contribution is 2.31. The number of nitrogens with zero attached hydrogens (tertiary/aromatic N) is 1. The molecule has 4 nitrogen and oxygen atoms in total. The molecule has 0 saturated carbocycles. The third-order valence-electron chi connectivity index (χ3n) is 3.09. The number of ether oxygens (including phenoxy) is 1. The monoisotopic (exact) mass is 356 g/mol. The number of aromatic amines is 1. The second-order valence-electron chi connectivity index (χ2n) is 4.77. The zero-order valence-electron chi connectivity index (χ0n) is 11.6. The van der Waals surface area contributed by atoms with Gasteiger partial charge in [-0.2, -0.15) is 5.10 Å². The van der Waals surface area contributed by atoms with Gasteiger partial charge in [-0.05, 0) is 51.8 Å². The van der Waals surface area contributed by atoms with Crippen molar-refractivity contribution < 1.29 is 4.74 Å². The second kappa shape index (κ2) is 6.58. The summed E-state index contributed by atoms with van der Waals surface area (Å²) in [4.78, 5) is 11.0. The summed E-state index contributed by atoms with van der Waals surface area (Å²) in [5, 5.41) is 6.46. The summed E-state index contributed by atoms with van der Waals surface area (Å²) < 4.78 is 6.77. The Labute approximate surface area is 135 Å². The Bertz CT molecular complexity index is 811. The lowest BCUT2D eigenvalue weighted by atomic mass is 10.1. The van der Waals surface area contributed by atoms with Crippen LogP contribution in [0.15, 0.2) is 69.9 Å². The summed E-state index contributed by atoms with van der Waals surface area (Å²) in [6.07, 6.45) is 0.620. The Hall–Kier alpha value is -2.40. The topological polar surface area (TPSA) is 55.0 Å². The molecule has 1 heterocycles. The predicted octanol–water partition coefficient (Wildman–Crippen LogP) is 3.92. The fourth-order valence-electron chi connectivity index (χ4n) is 2.03. The smallest absolute Gasteiger partial charge is 0.264 e. The van der Waals surface area contributed by atoms with Crippen molar-refractivity contribution in [2.75, 3.05) is 0 Å². The van der Waals surface area contributed by atoms with E-state index in [2.05, 4.69) is 26.1 Å². The minimum absolute atomic E-state index is 0.201. The molecule has 0 bridgehead atoms. The Morgan fingerprint density at radius 3 is 2.59 bits per heavy atom. The summed E-state index contributed by atoms with van der Waals surface area (Å²) in [5.74, 6) is 1.52.